The average molecular weight is 328 g/mol. The summed E-state index contributed by atoms with van der Waals surface area (Å²) in [5.74, 6) is -0.442. The Hall–Kier alpha value is -0.100. The van der Waals surface area contributed by atoms with Gasteiger partial charge >= 0.3 is 0 Å². The van der Waals surface area contributed by atoms with Crippen molar-refractivity contribution in [2.45, 2.75) is 38.9 Å². The van der Waals surface area contributed by atoms with Crippen LogP contribution in [0.5, 0.6) is 0 Å². The normalized spacial score (nSPS) is 13.5. The predicted molar refractivity (Wildman–Crippen MR) is 74.1 cm³/mol. The fraction of sp³-hybridized carbons (Fsp3) is 0.909. The van der Waals surface area contributed by atoms with Crippen LogP contribution < -0.4 is 5.32 Å². The largest absolute Gasteiger partial charge is 0.354 e. The van der Waals surface area contributed by atoms with Gasteiger partial charge < -0.3 is 5.32 Å². The van der Waals surface area contributed by atoms with Crippen molar-refractivity contribution >= 4 is 31.7 Å². The van der Waals surface area contributed by atoms with Crippen LogP contribution in [0.3, 0.4) is 0 Å². The summed E-state index contributed by atoms with van der Waals surface area (Å²) in [6, 6.07) is 0. The second-order valence-electron chi connectivity index (χ2n) is 5.57. The van der Waals surface area contributed by atoms with Gasteiger partial charge in [0.15, 0.2) is 9.84 Å². The van der Waals surface area contributed by atoms with Gasteiger partial charge in [-0.05, 0) is 25.7 Å². The number of hydrogen-bond donors (Lipinski definition) is 1. The van der Waals surface area contributed by atoms with Crippen molar-refractivity contribution in [2.75, 3.05) is 18.1 Å². The van der Waals surface area contributed by atoms with Crippen LogP contribution in [0, 0.1) is 5.41 Å². The lowest BCUT2D eigenvalue weighted by Crippen LogP contribution is -2.49. The molecule has 0 radical (unpaired) electrons. The minimum Gasteiger partial charge on any atom is -0.354 e. The lowest BCUT2D eigenvalue weighted by Gasteiger charge is -2.27. The van der Waals surface area contributed by atoms with E-state index in [4.69, 9.17) is 0 Å². The smallest absolute Gasteiger partial charge is 0.240 e. The van der Waals surface area contributed by atoms with Crippen LogP contribution >= 0.6 is 15.9 Å². The third-order valence-electron chi connectivity index (χ3n) is 2.97. The Balaban J connectivity index is 4.59. The average Bonchev–Trinajstić information content (AvgIpc) is 2.12. The van der Waals surface area contributed by atoms with E-state index >= 15 is 0 Å². The highest BCUT2D eigenvalue weighted by atomic mass is 79.9. The van der Waals surface area contributed by atoms with Gasteiger partial charge in [-0.15, -0.1) is 0 Å². The number of alkyl halides is 1. The molecule has 102 valence electrons. The van der Waals surface area contributed by atoms with Gasteiger partial charge in [0.2, 0.25) is 5.91 Å². The maximum absolute atomic E-state index is 11.9. The van der Waals surface area contributed by atoms with Gasteiger partial charge in [-0.25, -0.2) is 8.42 Å². The molecule has 0 bridgehead atoms. The summed E-state index contributed by atoms with van der Waals surface area (Å²) in [5, 5.41) is 3.57. The highest BCUT2D eigenvalue weighted by Gasteiger charge is 2.38. The molecule has 0 saturated heterocycles. The van der Waals surface area contributed by atoms with Gasteiger partial charge in [-0.3, -0.25) is 4.79 Å². The van der Waals surface area contributed by atoms with Crippen molar-refractivity contribution in [1.29, 1.82) is 0 Å². The fourth-order valence-electron chi connectivity index (χ4n) is 1.04. The zero-order valence-electron chi connectivity index (χ0n) is 11.1. The number of amides is 1. The minimum atomic E-state index is -3.40. The predicted octanol–water partition coefficient (Wildman–Crippen LogP) is 1.74. The molecule has 0 heterocycles. The molecule has 0 fully saturated rings. The molecule has 1 amide bonds. The lowest BCUT2D eigenvalue weighted by molar-refractivity contribution is -0.123. The quantitative estimate of drug-likeness (QED) is 0.756. The molecule has 0 unspecified atom stereocenters. The van der Waals surface area contributed by atoms with Crippen LogP contribution in [0.25, 0.3) is 0 Å². The summed E-state index contributed by atoms with van der Waals surface area (Å²) in [6.45, 7) is 7.38. The molecule has 0 rings (SSSR count). The molecule has 6 heteroatoms. The van der Waals surface area contributed by atoms with Crippen LogP contribution in [0.1, 0.15) is 34.1 Å². The van der Waals surface area contributed by atoms with Crippen molar-refractivity contribution in [3.05, 3.63) is 0 Å². The highest BCUT2D eigenvalue weighted by Crippen LogP contribution is 2.21. The van der Waals surface area contributed by atoms with Crippen molar-refractivity contribution < 1.29 is 13.2 Å². The van der Waals surface area contributed by atoms with Crippen molar-refractivity contribution in [2.24, 2.45) is 5.41 Å². The lowest BCUT2D eigenvalue weighted by atomic mass is 9.90. The standard InChI is InChI=1S/C11H22BrNO3S/c1-10(2,6-7-12)8-13-9(14)11(3,4)17(5,15)16/h6-8H2,1-5H3,(H,13,14). The van der Waals surface area contributed by atoms with Crippen molar-refractivity contribution in [3.8, 4) is 0 Å². The van der Waals surface area contributed by atoms with Crippen LogP contribution in [0.15, 0.2) is 0 Å². The molecular formula is C11H22BrNO3S. The second kappa shape index (κ2) is 5.69. The number of carbonyl (C=O) groups is 1. The first kappa shape index (κ1) is 16.9. The molecule has 17 heavy (non-hydrogen) atoms. The molecule has 0 aromatic carbocycles. The summed E-state index contributed by atoms with van der Waals surface area (Å²) in [4.78, 5) is 11.9. The number of halogens is 1. The molecule has 0 aliphatic heterocycles. The first-order valence-corrected chi connectivity index (χ1v) is 8.49. The van der Waals surface area contributed by atoms with E-state index < -0.39 is 20.5 Å². The summed E-state index contributed by atoms with van der Waals surface area (Å²) < 4.78 is 21.6. The van der Waals surface area contributed by atoms with Crippen LogP contribution in [-0.2, 0) is 14.6 Å². The maximum atomic E-state index is 11.9. The van der Waals surface area contributed by atoms with E-state index in [-0.39, 0.29) is 5.41 Å². The molecule has 0 aliphatic rings. The number of rotatable bonds is 6. The topological polar surface area (TPSA) is 63.2 Å². The van der Waals surface area contributed by atoms with E-state index in [1.807, 2.05) is 13.8 Å². The second-order valence-corrected chi connectivity index (χ2v) is 8.93. The van der Waals surface area contributed by atoms with Gasteiger partial charge in [-0.1, -0.05) is 29.8 Å². The molecule has 0 aromatic heterocycles. The van der Waals surface area contributed by atoms with E-state index in [0.29, 0.717) is 6.54 Å². The zero-order chi connectivity index (χ0) is 13.9. The Bertz CT molecular complexity index is 374. The van der Waals surface area contributed by atoms with E-state index in [0.717, 1.165) is 18.0 Å². The van der Waals surface area contributed by atoms with Gasteiger partial charge in [0.05, 0.1) is 0 Å². The van der Waals surface area contributed by atoms with Gasteiger partial charge in [0.25, 0.3) is 0 Å². The van der Waals surface area contributed by atoms with Crippen LogP contribution in [0.2, 0.25) is 0 Å². The minimum absolute atomic E-state index is 0.0489. The number of nitrogens with one attached hydrogen (secondary N) is 1. The van der Waals surface area contributed by atoms with Crippen molar-refractivity contribution in [3.63, 3.8) is 0 Å². The Labute approximate surface area is 113 Å². The number of hydrogen-bond acceptors (Lipinski definition) is 3. The SMILES string of the molecule is CC(C)(CCBr)CNC(=O)C(C)(C)S(C)(=O)=O. The summed E-state index contributed by atoms with van der Waals surface area (Å²) in [5.41, 5.74) is -0.0489. The molecular weight excluding hydrogens is 306 g/mol. The Morgan fingerprint density at radius 2 is 1.71 bits per heavy atom. The first-order chi connectivity index (χ1) is 7.44. The van der Waals surface area contributed by atoms with E-state index in [2.05, 4.69) is 21.2 Å². The monoisotopic (exact) mass is 327 g/mol. The van der Waals surface area contributed by atoms with Gasteiger partial charge in [0.1, 0.15) is 4.75 Å². The molecule has 0 spiro atoms. The molecule has 0 saturated carbocycles. The van der Waals surface area contributed by atoms with E-state index in [1.165, 1.54) is 13.8 Å². The number of sulfone groups is 1. The Morgan fingerprint density at radius 1 is 1.24 bits per heavy atom. The summed E-state index contributed by atoms with van der Waals surface area (Å²) in [7, 11) is -3.40. The van der Waals surface area contributed by atoms with Crippen LogP contribution in [-0.4, -0.2) is 37.2 Å². The molecule has 0 aliphatic carbocycles. The van der Waals surface area contributed by atoms with E-state index in [9.17, 15) is 13.2 Å². The number of carbonyl (C=O) groups excluding carboxylic acids is 1. The molecule has 1 N–H and O–H groups in total. The van der Waals surface area contributed by atoms with E-state index in [1.54, 1.807) is 0 Å². The van der Waals surface area contributed by atoms with Gasteiger partial charge in [0, 0.05) is 18.1 Å². The Morgan fingerprint density at radius 3 is 2.06 bits per heavy atom. The van der Waals surface area contributed by atoms with Crippen LogP contribution in [0.4, 0.5) is 0 Å². The molecule has 4 nitrogen and oxygen atoms in total. The first-order valence-electron chi connectivity index (χ1n) is 5.48. The molecule has 0 aromatic rings. The summed E-state index contributed by atoms with van der Waals surface area (Å²) in [6.07, 6.45) is 1.99. The fourth-order valence-corrected chi connectivity index (χ4v) is 2.53. The Kier molecular flexibility index (Phi) is 5.66. The zero-order valence-corrected chi connectivity index (χ0v) is 13.5. The maximum Gasteiger partial charge on any atom is 0.240 e. The third-order valence-corrected chi connectivity index (χ3v) is 5.41. The highest BCUT2D eigenvalue weighted by molar-refractivity contribution is 9.09. The summed E-state index contributed by atoms with van der Waals surface area (Å²) >= 11 is 3.35. The third kappa shape index (κ3) is 4.95. The van der Waals surface area contributed by atoms with Crippen molar-refractivity contribution in [1.82, 2.24) is 5.32 Å². The van der Waals surface area contributed by atoms with Gasteiger partial charge in [-0.2, -0.15) is 0 Å². The molecule has 0 atom stereocenters.